The van der Waals surface area contributed by atoms with Crippen LogP contribution in [0.15, 0.2) is 48.9 Å². The van der Waals surface area contributed by atoms with Gasteiger partial charge in [-0.2, -0.15) is 5.10 Å². The number of hydrogen-bond acceptors (Lipinski definition) is 3. The molecule has 0 saturated carbocycles. The Bertz CT molecular complexity index is 685. The zero-order valence-corrected chi connectivity index (χ0v) is 11.0. The molecule has 0 atom stereocenters. The van der Waals surface area contributed by atoms with E-state index in [1.54, 1.807) is 12.4 Å². The molecule has 2 heterocycles. The van der Waals surface area contributed by atoms with E-state index in [2.05, 4.69) is 52.5 Å². The highest BCUT2D eigenvalue weighted by molar-refractivity contribution is 5.79. The van der Waals surface area contributed by atoms with Crippen LogP contribution in [0.25, 0.3) is 10.9 Å². The van der Waals surface area contributed by atoms with Crippen LogP contribution >= 0.6 is 0 Å². The van der Waals surface area contributed by atoms with Crippen LogP contribution in [-0.4, -0.2) is 15.2 Å². The molecule has 1 aromatic carbocycles. The Morgan fingerprint density at radius 2 is 1.89 bits per heavy atom. The largest absolute Gasteiger partial charge is 0.376 e. The number of fused-ring (bicyclic) bond motifs is 1. The lowest BCUT2D eigenvalue weighted by atomic mass is 9.93. The van der Waals surface area contributed by atoms with Gasteiger partial charge in [0.1, 0.15) is 0 Å². The predicted molar refractivity (Wildman–Crippen MR) is 77.0 cm³/mol. The number of aromatic amines is 1. The Hall–Kier alpha value is -2.36. The second kappa shape index (κ2) is 4.39. The van der Waals surface area contributed by atoms with E-state index in [1.807, 2.05) is 18.3 Å². The number of benzene rings is 1. The first kappa shape index (κ1) is 11.7. The van der Waals surface area contributed by atoms with Crippen LogP contribution in [0.1, 0.15) is 19.4 Å². The number of aromatic nitrogens is 3. The first-order valence-electron chi connectivity index (χ1n) is 6.27. The van der Waals surface area contributed by atoms with Crippen molar-refractivity contribution in [2.45, 2.75) is 19.4 Å². The third kappa shape index (κ3) is 2.29. The summed E-state index contributed by atoms with van der Waals surface area (Å²) in [7, 11) is 0. The van der Waals surface area contributed by atoms with Crippen molar-refractivity contribution >= 4 is 16.6 Å². The lowest BCUT2D eigenvalue weighted by molar-refractivity contribution is 0.610. The topological polar surface area (TPSA) is 53.6 Å². The number of anilines is 1. The molecule has 2 aromatic heterocycles. The maximum Gasteiger partial charge on any atom is 0.0650 e. The van der Waals surface area contributed by atoms with Gasteiger partial charge in [-0.05, 0) is 43.7 Å². The first-order chi connectivity index (χ1) is 9.15. The van der Waals surface area contributed by atoms with Gasteiger partial charge in [0, 0.05) is 23.5 Å². The third-order valence-electron chi connectivity index (χ3n) is 3.30. The molecular weight excluding hydrogens is 236 g/mol. The summed E-state index contributed by atoms with van der Waals surface area (Å²) in [5.41, 5.74) is 3.18. The predicted octanol–water partition coefficient (Wildman–Crippen LogP) is 3.31. The molecule has 0 saturated heterocycles. The Morgan fingerprint density at radius 1 is 1.11 bits per heavy atom. The number of rotatable bonds is 3. The molecule has 19 heavy (non-hydrogen) atoms. The molecule has 0 amide bonds. The minimum absolute atomic E-state index is 0.160. The van der Waals surface area contributed by atoms with E-state index in [0.717, 1.165) is 16.6 Å². The zero-order valence-electron chi connectivity index (χ0n) is 11.0. The van der Waals surface area contributed by atoms with Gasteiger partial charge < -0.3 is 5.32 Å². The van der Waals surface area contributed by atoms with E-state index in [9.17, 15) is 0 Å². The van der Waals surface area contributed by atoms with E-state index >= 15 is 0 Å². The molecule has 4 nitrogen and oxygen atoms in total. The second-order valence-corrected chi connectivity index (χ2v) is 5.16. The lowest BCUT2D eigenvalue weighted by Gasteiger charge is -2.28. The van der Waals surface area contributed by atoms with Crippen molar-refractivity contribution in [3.63, 3.8) is 0 Å². The second-order valence-electron chi connectivity index (χ2n) is 5.16. The number of hydrogen-bond donors (Lipinski definition) is 2. The molecule has 2 N–H and O–H groups in total. The molecule has 0 radical (unpaired) electrons. The van der Waals surface area contributed by atoms with E-state index in [0.29, 0.717) is 0 Å². The van der Waals surface area contributed by atoms with Crippen molar-refractivity contribution in [3.8, 4) is 0 Å². The van der Waals surface area contributed by atoms with Crippen molar-refractivity contribution in [2.75, 3.05) is 5.32 Å². The standard InChI is InChI=1S/C15H16N4/c1-15(2,18-13-5-7-16-8-6-13)12-3-4-14-11(9-12)10-17-19-14/h3-10H,1-2H3,(H,16,18)(H,17,19). The molecule has 0 bridgehead atoms. The highest BCUT2D eigenvalue weighted by Crippen LogP contribution is 2.27. The average molecular weight is 252 g/mol. The van der Waals surface area contributed by atoms with Crippen LogP contribution in [0.2, 0.25) is 0 Å². The Labute approximate surface area is 111 Å². The van der Waals surface area contributed by atoms with Crippen molar-refractivity contribution in [1.29, 1.82) is 0 Å². The Morgan fingerprint density at radius 3 is 2.68 bits per heavy atom. The van der Waals surface area contributed by atoms with Crippen LogP contribution in [-0.2, 0) is 5.54 Å². The SMILES string of the molecule is CC(C)(Nc1ccncc1)c1ccc2[nH]ncc2c1. The van der Waals surface area contributed by atoms with Gasteiger partial charge in [-0.15, -0.1) is 0 Å². The maximum atomic E-state index is 4.05. The molecule has 0 aliphatic carbocycles. The fraction of sp³-hybridized carbons (Fsp3) is 0.200. The van der Waals surface area contributed by atoms with Crippen LogP contribution in [0, 0.1) is 0 Å². The normalized spacial score (nSPS) is 11.7. The zero-order chi connectivity index (χ0) is 13.3. The molecule has 4 heteroatoms. The summed E-state index contributed by atoms with van der Waals surface area (Å²) in [6.45, 7) is 4.32. The molecular formula is C15H16N4. The van der Waals surface area contributed by atoms with E-state index in [4.69, 9.17) is 0 Å². The van der Waals surface area contributed by atoms with Crippen molar-refractivity contribution in [2.24, 2.45) is 0 Å². The summed E-state index contributed by atoms with van der Waals surface area (Å²) in [5, 5.41) is 11.7. The average Bonchev–Trinajstić information content (AvgIpc) is 2.86. The number of nitrogens with one attached hydrogen (secondary N) is 2. The monoisotopic (exact) mass is 252 g/mol. The number of nitrogens with zero attached hydrogens (tertiary/aromatic N) is 2. The smallest absolute Gasteiger partial charge is 0.0650 e. The van der Waals surface area contributed by atoms with Gasteiger partial charge >= 0.3 is 0 Å². The van der Waals surface area contributed by atoms with Crippen molar-refractivity contribution < 1.29 is 0 Å². The van der Waals surface area contributed by atoms with Crippen molar-refractivity contribution in [1.82, 2.24) is 15.2 Å². The number of H-pyrrole nitrogens is 1. The molecule has 3 rings (SSSR count). The van der Waals surface area contributed by atoms with Crippen LogP contribution in [0.5, 0.6) is 0 Å². The van der Waals surface area contributed by atoms with Gasteiger partial charge in [-0.1, -0.05) is 6.07 Å². The quantitative estimate of drug-likeness (QED) is 0.752. The van der Waals surface area contributed by atoms with Crippen LogP contribution < -0.4 is 5.32 Å². The van der Waals surface area contributed by atoms with E-state index in [-0.39, 0.29) is 5.54 Å². The summed E-state index contributed by atoms with van der Waals surface area (Å²) in [6, 6.07) is 10.3. The summed E-state index contributed by atoms with van der Waals surface area (Å²) in [5.74, 6) is 0. The van der Waals surface area contributed by atoms with E-state index < -0.39 is 0 Å². The molecule has 0 aliphatic rings. The van der Waals surface area contributed by atoms with Gasteiger partial charge in [0.15, 0.2) is 0 Å². The highest BCUT2D eigenvalue weighted by atomic mass is 15.1. The van der Waals surface area contributed by atoms with Gasteiger partial charge in [0.2, 0.25) is 0 Å². The Kier molecular flexibility index (Phi) is 2.71. The summed E-state index contributed by atoms with van der Waals surface area (Å²) in [4.78, 5) is 4.03. The van der Waals surface area contributed by atoms with E-state index in [1.165, 1.54) is 5.56 Å². The summed E-state index contributed by atoms with van der Waals surface area (Å²) < 4.78 is 0. The molecule has 0 fully saturated rings. The first-order valence-corrected chi connectivity index (χ1v) is 6.27. The van der Waals surface area contributed by atoms with Crippen LogP contribution in [0.3, 0.4) is 0 Å². The van der Waals surface area contributed by atoms with Gasteiger partial charge in [-0.25, -0.2) is 0 Å². The fourth-order valence-corrected chi connectivity index (χ4v) is 2.20. The minimum Gasteiger partial charge on any atom is -0.376 e. The lowest BCUT2D eigenvalue weighted by Crippen LogP contribution is -2.27. The molecule has 96 valence electrons. The van der Waals surface area contributed by atoms with Gasteiger partial charge in [0.05, 0.1) is 17.3 Å². The van der Waals surface area contributed by atoms with Gasteiger partial charge in [0.25, 0.3) is 0 Å². The Balaban J connectivity index is 1.94. The maximum absolute atomic E-state index is 4.05. The molecule has 0 aliphatic heterocycles. The van der Waals surface area contributed by atoms with Gasteiger partial charge in [-0.3, -0.25) is 10.1 Å². The number of pyridine rings is 1. The fourth-order valence-electron chi connectivity index (χ4n) is 2.20. The van der Waals surface area contributed by atoms with Crippen molar-refractivity contribution in [3.05, 3.63) is 54.5 Å². The molecule has 0 spiro atoms. The third-order valence-corrected chi connectivity index (χ3v) is 3.30. The molecule has 3 aromatic rings. The van der Waals surface area contributed by atoms with Crippen LogP contribution in [0.4, 0.5) is 5.69 Å². The minimum atomic E-state index is -0.160. The summed E-state index contributed by atoms with van der Waals surface area (Å²) >= 11 is 0. The summed E-state index contributed by atoms with van der Waals surface area (Å²) in [6.07, 6.45) is 5.43. The highest BCUT2D eigenvalue weighted by Gasteiger charge is 2.20. The molecule has 0 unspecified atom stereocenters.